The monoisotopic (exact) mass is 225 g/mol. The van der Waals surface area contributed by atoms with Crippen LogP contribution in [0.3, 0.4) is 0 Å². The summed E-state index contributed by atoms with van der Waals surface area (Å²) < 4.78 is 29.9. The van der Waals surface area contributed by atoms with Crippen LogP contribution in [0.5, 0.6) is 0 Å². The van der Waals surface area contributed by atoms with Crippen molar-refractivity contribution in [3.63, 3.8) is 0 Å². The summed E-state index contributed by atoms with van der Waals surface area (Å²) in [5.41, 5.74) is 0. The predicted octanol–water partition coefficient (Wildman–Crippen LogP) is 2.04. The maximum absolute atomic E-state index is 10.6. The highest BCUT2D eigenvalue weighted by atomic mass is 35.5. The summed E-state index contributed by atoms with van der Waals surface area (Å²) in [6.07, 6.45) is 0. The highest BCUT2D eigenvalue weighted by molar-refractivity contribution is 7.86. The minimum absolute atomic E-state index is 0.124. The van der Waals surface area contributed by atoms with Gasteiger partial charge in [-0.2, -0.15) is 8.42 Å². The molecular weight excluding hydrogens is 223 g/mol. The lowest BCUT2D eigenvalue weighted by Crippen LogP contribution is -1.99. The first-order valence-electron chi connectivity index (χ1n) is 2.76. The van der Waals surface area contributed by atoms with Gasteiger partial charge in [-0.25, -0.2) is 0 Å². The van der Waals surface area contributed by atoms with Gasteiger partial charge < -0.3 is 0 Å². The molecule has 0 unspecified atom stereocenters. The number of hydrogen-bond acceptors (Lipinski definition) is 2. The Labute approximate surface area is 79.7 Å². The molecule has 0 aliphatic rings. The molecular formula is C6H3Cl2O3S. The molecule has 1 aromatic rings. The average Bonchev–Trinajstić information content (AvgIpc) is 1.82. The molecule has 0 saturated carbocycles. The van der Waals surface area contributed by atoms with Crippen molar-refractivity contribution in [1.82, 2.24) is 0 Å². The molecule has 1 N–H and O–H groups in total. The fourth-order valence-electron chi connectivity index (χ4n) is 0.671. The van der Waals surface area contributed by atoms with E-state index in [1.807, 2.05) is 0 Å². The van der Waals surface area contributed by atoms with Crippen LogP contribution in [-0.4, -0.2) is 13.0 Å². The second kappa shape index (κ2) is 3.22. The molecule has 1 radical (unpaired) electrons. The van der Waals surface area contributed by atoms with Crippen LogP contribution in [-0.2, 0) is 10.1 Å². The lowest BCUT2D eigenvalue weighted by atomic mass is 10.4. The Hall–Kier alpha value is -0.290. The lowest BCUT2D eigenvalue weighted by molar-refractivity contribution is 0.483. The van der Waals surface area contributed by atoms with Gasteiger partial charge in [0.05, 0.1) is 10.0 Å². The molecule has 1 rings (SSSR count). The highest BCUT2D eigenvalue weighted by Gasteiger charge is 2.18. The molecule has 6 heteroatoms. The van der Waals surface area contributed by atoms with E-state index in [4.69, 9.17) is 27.8 Å². The fraction of sp³-hybridized carbons (Fsp3) is 0. The molecule has 65 valence electrons. The van der Waals surface area contributed by atoms with E-state index in [9.17, 15) is 8.42 Å². The fourth-order valence-corrected chi connectivity index (χ4v) is 2.23. The van der Waals surface area contributed by atoms with Gasteiger partial charge in [-0.3, -0.25) is 4.55 Å². The normalized spacial score (nSPS) is 11.6. The molecule has 0 aromatic heterocycles. The molecule has 0 aliphatic carbocycles. The van der Waals surface area contributed by atoms with Gasteiger partial charge >= 0.3 is 0 Å². The minimum atomic E-state index is -4.36. The zero-order valence-electron chi connectivity index (χ0n) is 5.58. The third-order valence-corrected chi connectivity index (χ3v) is 2.89. The van der Waals surface area contributed by atoms with Crippen LogP contribution >= 0.6 is 23.2 Å². The molecule has 0 saturated heterocycles. The number of benzene rings is 1. The van der Waals surface area contributed by atoms with Gasteiger partial charge in [0.2, 0.25) is 0 Å². The maximum Gasteiger partial charge on any atom is 0.297 e. The Morgan fingerprint density at radius 3 is 2.33 bits per heavy atom. The number of hydrogen-bond donors (Lipinski definition) is 1. The second-order valence-corrected chi connectivity index (χ2v) is 4.09. The van der Waals surface area contributed by atoms with E-state index in [2.05, 4.69) is 6.07 Å². The van der Waals surface area contributed by atoms with Crippen molar-refractivity contribution in [2.75, 3.05) is 0 Å². The van der Waals surface area contributed by atoms with Crippen LogP contribution in [0.25, 0.3) is 0 Å². The van der Waals surface area contributed by atoms with Gasteiger partial charge in [0.1, 0.15) is 4.90 Å². The van der Waals surface area contributed by atoms with E-state index < -0.39 is 15.0 Å². The van der Waals surface area contributed by atoms with E-state index in [1.165, 1.54) is 12.1 Å². The summed E-state index contributed by atoms with van der Waals surface area (Å²) in [7, 11) is -4.36. The van der Waals surface area contributed by atoms with Crippen LogP contribution in [0.1, 0.15) is 0 Å². The summed E-state index contributed by atoms with van der Waals surface area (Å²) in [6.45, 7) is 0. The zero-order chi connectivity index (χ0) is 9.35. The van der Waals surface area contributed by atoms with Crippen LogP contribution in [0.4, 0.5) is 0 Å². The Morgan fingerprint density at radius 1 is 1.42 bits per heavy atom. The van der Waals surface area contributed by atoms with Crippen molar-refractivity contribution >= 4 is 33.3 Å². The summed E-state index contributed by atoms with van der Waals surface area (Å²) in [5, 5.41) is -0.341. The smallest absolute Gasteiger partial charge is 0.282 e. The van der Waals surface area contributed by atoms with Crippen molar-refractivity contribution < 1.29 is 13.0 Å². The highest BCUT2D eigenvalue weighted by Crippen LogP contribution is 2.27. The van der Waals surface area contributed by atoms with Crippen molar-refractivity contribution in [2.45, 2.75) is 4.90 Å². The molecule has 0 heterocycles. The topological polar surface area (TPSA) is 54.4 Å². The van der Waals surface area contributed by atoms with Gasteiger partial charge in [0.25, 0.3) is 10.1 Å². The number of rotatable bonds is 1. The van der Waals surface area contributed by atoms with Gasteiger partial charge in [-0.1, -0.05) is 29.3 Å². The van der Waals surface area contributed by atoms with Crippen molar-refractivity contribution in [3.05, 3.63) is 28.2 Å². The van der Waals surface area contributed by atoms with Gasteiger partial charge in [0.15, 0.2) is 0 Å². The predicted molar refractivity (Wildman–Crippen MR) is 45.1 cm³/mol. The zero-order valence-corrected chi connectivity index (χ0v) is 7.91. The third kappa shape index (κ3) is 1.90. The van der Waals surface area contributed by atoms with Crippen LogP contribution < -0.4 is 0 Å². The van der Waals surface area contributed by atoms with Crippen molar-refractivity contribution in [2.24, 2.45) is 0 Å². The van der Waals surface area contributed by atoms with E-state index in [0.717, 1.165) is 0 Å². The first-order chi connectivity index (χ1) is 5.43. The first-order valence-corrected chi connectivity index (χ1v) is 4.95. The molecule has 3 nitrogen and oxygen atoms in total. The third-order valence-electron chi connectivity index (χ3n) is 1.11. The Balaban J connectivity index is 3.53. The molecule has 0 spiro atoms. The van der Waals surface area contributed by atoms with Crippen molar-refractivity contribution in [3.8, 4) is 0 Å². The maximum atomic E-state index is 10.6. The molecule has 12 heavy (non-hydrogen) atoms. The van der Waals surface area contributed by atoms with Gasteiger partial charge in [0, 0.05) is 6.07 Å². The van der Waals surface area contributed by atoms with Gasteiger partial charge in [-0.05, 0) is 6.07 Å². The van der Waals surface area contributed by atoms with Crippen LogP contribution in [0.2, 0.25) is 10.0 Å². The Kier molecular flexibility index (Phi) is 2.63. The molecule has 0 atom stereocenters. The lowest BCUT2D eigenvalue weighted by Gasteiger charge is -2.00. The largest absolute Gasteiger partial charge is 0.297 e. The Bertz CT molecular complexity index is 379. The SMILES string of the molecule is O=S(=O)(O)c1c(Cl)[c]ccc1Cl. The van der Waals surface area contributed by atoms with E-state index in [0.29, 0.717) is 0 Å². The van der Waals surface area contributed by atoms with E-state index in [-0.39, 0.29) is 10.0 Å². The summed E-state index contributed by atoms with van der Waals surface area (Å²) in [6, 6.07) is 5.02. The average molecular weight is 226 g/mol. The number of halogens is 2. The molecule has 0 fully saturated rings. The van der Waals surface area contributed by atoms with E-state index >= 15 is 0 Å². The van der Waals surface area contributed by atoms with Gasteiger partial charge in [-0.15, -0.1) is 0 Å². The minimum Gasteiger partial charge on any atom is -0.282 e. The molecule has 0 amide bonds. The summed E-state index contributed by atoms with van der Waals surface area (Å²) in [4.78, 5) is -0.506. The second-order valence-electron chi connectivity index (χ2n) is 1.94. The van der Waals surface area contributed by atoms with Crippen LogP contribution in [0.15, 0.2) is 17.0 Å². The van der Waals surface area contributed by atoms with Crippen LogP contribution in [0, 0.1) is 6.07 Å². The first kappa shape index (κ1) is 9.80. The summed E-state index contributed by atoms with van der Waals surface area (Å²) >= 11 is 10.9. The molecule has 0 bridgehead atoms. The Morgan fingerprint density at radius 2 is 2.00 bits per heavy atom. The van der Waals surface area contributed by atoms with Crippen molar-refractivity contribution in [1.29, 1.82) is 0 Å². The molecule has 0 aliphatic heterocycles. The van der Waals surface area contributed by atoms with E-state index in [1.54, 1.807) is 0 Å². The quantitative estimate of drug-likeness (QED) is 0.745. The molecule has 1 aromatic carbocycles. The standard InChI is InChI=1S/C6H3Cl2O3S/c7-4-2-1-3-5(8)6(4)12(9,10)11/h1-2H,(H,9,10,11). The summed E-state index contributed by atoms with van der Waals surface area (Å²) in [5.74, 6) is 0.